The van der Waals surface area contributed by atoms with Crippen molar-refractivity contribution >= 4 is 58.7 Å². The zero-order chi connectivity index (χ0) is 30.2. The average Bonchev–Trinajstić information content (AvgIpc) is 3.67. The lowest BCUT2D eigenvalue weighted by atomic mass is 10.0. The fourth-order valence-corrected chi connectivity index (χ4v) is 6.39. The summed E-state index contributed by atoms with van der Waals surface area (Å²) in [6, 6.07) is 8.00. The van der Waals surface area contributed by atoms with Gasteiger partial charge in [0.05, 0.1) is 24.7 Å². The van der Waals surface area contributed by atoms with Crippen LogP contribution in [0.25, 0.3) is 0 Å². The summed E-state index contributed by atoms with van der Waals surface area (Å²) in [5, 5.41) is 13.4. The summed E-state index contributed by atoms with van der Waals surface area (Å²) in [5.74, 6) is -1.42. The fourth-order valence-electron chi connectivity index (χ4n) is 4.52. The van der Waals surface area contributed by atoms with Crippen molar-refractivity contribution in [2.24, 2.45) is 11.7 Å². The summed E-state index contributed by atoms with van der Waals surface area (Å²) in [7, 11) is 0. The highest BCUT2D eigenvalue weighted by molar-refractivity contribution is 7.10. The average molecular weight is 648 g/mol. The summed E-state index contributed by atoms with van der Waals surface area (Å²) in [4.78, 5) is 63.0. The number of amides is 4. The van der Waals surface area contributed by atoms with Gasteiger partial charge in [0.25, 0.3) is 11.8 Å². The Morgan fingerprint density at radius 1 is 1.02 bits per heavy atom. The number of nitrogens with two attached hydrogens (primary N) is 1. The molecule has 3 atom stereocenters. The van der Waals surface area contributed by atoms with Gasteiger partial charge in [-0.05, 0) is 30.7 Å². The van der Waals surface area contributed by atoms with Gasteiger partial charge in [-0.1, -0.05) is 51.1 Å². The minimum absolute atomic E-state index is 0. The lowest BCUT2D eigenvalue weighted by Gasteiger charge is -2.26. The number of hydrogen-bond acceptors (Lipinski definition) is 9. The summed E-state index contributed by atoms with van der Waals surface area (Å²) in [6.45, 7) is 6.07. The standard InChI is InChI=1S/C29H37N7O4S2.ClH/c1-4-19(30)29(40)36-12-8-11-31-25(38)21-15-42-28(34-21)24(17(2)3)35-26(39)22-16-41-27(33-22)20(32-23(37)14-36)13-18-9-6-5-7-10-18;/h5-7,9-10,15-17,19-20,24H,4,8,11-14,30H2,1-3H3,(H,31,38)(H,32,37)(H,35,39);1H/t19-,20?,24-;/m0./s1. The van der Waals surface area contributed by atoms with Gasteiger partial charge in [-0.2, -0.15) is 0 Å². The lowest BCUT2D eigenvalue weighted by molar-refractivity contribution is -0.137. The number of carbonyl (C=O) groups is 4. The van der Waals surface area contributed by atoms with Gasteiger partial charge >= 0.3 is 0 Å². The Hall–Kier alpha value is -3.39. The molecular weight excluding hydrogens is 610 g/mol. The third kappa shape index (κ3) is 9.05. The molecule has 5 N–H and O–H groups in total. The summed E-state index contributed by atoms with van der Waals surface area (Å²) in [5.41, 5.74) is 7.51. The highest BCUT2D eigenvalue weighted by Crippen LogP contribution is 2.27. The highest BCUT2D eigenvalue weighted by atomic mass is 35.5. The van der Waals surface area contributed by atoms with E-state index in [2.05, 4.69) is 25.9 Å². The number of nitrogens with one attached hydrogen (secondary N) is 3. The maximum absolute atomic E-state index is 13.3. The van der Waals surface area contributed by atoms with Crippen LogP contribution in [0.2, 0.25) is 0 Å². The minimum Gasteiger partial charge on any atom is -0.351 e. The number of rotatable bonds is 5. The van der Waals surface area contributed by atoms with Crippen LogP contribution in [0.5, 0.6) is 0 Å². The number of hydrogen-bond donors (Lipinski definition) is 4. The first-order valence-electron chi connectivity index (χ1n) is 14.0. The zero-order valence-electron chi connectivity index (χ0n) is 24.4. The number of thiazole rings is 2. The Morgan fingerprint density at radius 3 is 2.35 bits per heavy atom. The maximum Gasteiger partial charge on any atom is 0.271 e. The maximum atomic E-state index is 13.3. The molecule has 1 aromatic carbocycles. The van der Waals surface area contributed by atoms with Crippen LogP contribution in [0.3, 0.4) is 0 Å². The minimum atomic E-state index is -0.739. The van der Waals surface area contributed by atoms with Gasteiger partial charge in [-0.25, -0.2) is 9.97 Å². The SMILES string of the molecule is CC[C@H](N)C(=O)N1CCCNC(=O)c2csc(n2)[C@H](C(C)C)NC(=O)c2csc(n2)C(Cc2ccccc2)NC(=O)C1.Cl. The molecule has 4 rings (SSSR count). The third-order valence-electron chi connectivity index (χ3n) is 6.94. The van der Waals surface area contributed by atoms with E-state index in [0.717, 1.165) is 5.56 Å². The van der Waals surface area contributed by atoms with Crippen molar-refractivity contribution in [2.75, 3.05) is 19.6 Å². The largest absolute Gasteiger partial charge is 0.351 e. The Balaban J connectivity index is 0.00000506. The molecule has 1 aliphatic rings. The van der Waals surface area contributed by atoms with Crippen LogP contribution in [-0.2, 0) is 16.0 Å². The van der Waals surface area contributed by atoms with Crippen molar-refractivity contribution in [2.45, 2.75) is 58.2 Å². The van der Waals surface area contributed by atoms with E-state index < -0.39 is 18.1 Å². The molecule has 0 saturated heterocycles. The second-order valence-electron chi connectivity index (χ2n) is 10.5. The molecule has 11 nitrogen and oxygen atoms in total. The van der Waals surface area contributed by atoms with Crippen molar-refractivity contribution < 1.29 is 19.2 Å². The van der Waals surface area contributed by atoms with Gasteiger partial charge < -0.3 is 26.6 Å². The predicted molar refractivity (Wildman–Crippen MR) is 169 cm³/mol. The van der Waals surface area contributed by atoms with Crippen molar-refractivity contribution in [3.05, 3.63) is 68.1 Å². The molecule has 1 unspecified atom stereocenters. The van der Waals surface area contributed by atoms with Crippen LogP contribution >= 0.6 is 35.1 Å². The third-order valence-corrected chi connectivity index (χ3v) is 8.82. The Labute approximate surface area is 265 Å². The molecule has 0 radical (unpaired) electrons. The van der Waals surface area contributed by atoms with E-state index >= 15 is 0 Å². The zero-order valence-corrected chi connectivity index (χ0v) is 26.8. The summed E-state index contributed by atoms with van der Waals surface area (Å²) in [6.07, 6.45) is 1.30. The van der Waals surface area contributed by atoms with Crippen LogP contribution < -0.4 is 21.7 Å². The molecule has 0 fully saturated rings. The first-order valence-corrected chi connectivity index (χ1v) is 15.8. The predicted octanol–water partition coefficient (Wildman–Crippen LogP) is 3.25. The van der Waals surface area contributed by atoms with Crippen LogP contribution in [-0.4, -0.2) is 64.2 Å². The molecule has 4 amide bonds. The molecule has 43 heavy (non-hydrogen) atoms. The van der Waals surface area contributed by atoms with E-state index in [1.54, 1.807) is 10.8 Å². The molecular formula is C29H38ClN7O4S2. The quantitative estimate of drug-likeness (QED) is 0.331. The highest BCUT2D eigenvalue weighted by Gasteiger charge is 2.28. The van der Waals surface area contributed by atoms with E-state index in [1.807, 2.05) is 51.1 Å². The van der Waals surface area contributed by atoms with Crippen LogP contribution in [0, 0.1) is 5.92 Å². The number of nitrogens with zero attached hydrogens (tertiary/aromatic N) is 3. The van der Waals surface area contributed by atoms with Crippen molar-refractivity contribution in [3.63, 3.8) is 0 Å². The molecule has 3 aromatic rings. The molecule has 3 heterocycles. The summed E-state index contributed by atoms with van der Waals surface area (Å²) < 4.78 is 0. The van der Waals surface area contributed by atoms with E-state index in [4.69, 9.17) is 5.73 Å². The molecule has 14 heteroatoms. The van der Waals surface area contributed by atoms with Crippen LogP contribution in [0.1, 0.15) is 82.3 Å². The molecule has 1 aliphatic heterocycles. The fraction of sp³-hybridized carbons (Fsp3) is 0.448. The molecule has 0 aliphatic carbocycles. The smallest absolute Gasteiger partial charge is 0.271 e. The lowest BCUT2D eigenvalue weighted by Crippen LogP contribution is -2.49. The second-order valence-corrected chi connectivity index (χ2v) is 12.3. The van der Waals surface area contributed by atoms with Crippen LogP contribution in [0.15, 0.2) is 41.1 Å². The van der Waals surface area contributed by atoms with Crippen molar-refractivity contribution in [1.82, 2.24) is 30.8 Å². The van der Waals surface area contributed by atoms with Gasteiger partial charge in [0, 0.05) is 23.8 Å². The first kappa shape index (κ1) is 34.1. The normalized spacial score (nSPS) is 19.2. The number of benzene rings is 1. The second kappa shape index (κ2) is 15.9. The van der Waals surface area contributed by atoms with Gasteiger partial charge in [0.15, 0.2) is 0 Å². The number of fused-ring (bicyclic) bond motifs is 4. The van der Waals surface area contributed by atoms with E-state index in [0.29, 0.717) is 29.3 Å². The molecule has 0 saturated carbocycles. The number of halogens is 1. The Kier molecular flexibility index (Phi) is 12.6. The van der Waals surface area contributed by atoms with Crippen LogP contribution in [0.4, 0.5) is 0 Å². The van der Waals surface area contributed by atoms with Gasteiger partial charge in [-0.3, -0.25) is 19.2 Å². The Bertz CT molecular complexity index is 1400. The van der Waals surface area contributed by atoms with E-state index in [9.17, 15) is 19.2 Å². The summed E-state index contributed by atoms with van der Waals surface area (Å²) >= 11 is 2.60. The van der Waals surface area contributed by atoms with Gasteiger partial charge in [-0.15, -0.1) is 35.1 Å². The number of aromatic nitrogens is 2. The van der Waals surface area contributed by atoms with Crippen molar-refractivity contribution in [3.8, 4) is 0 Å². The van der Waals surface area contributed by atoms with Gasteiger partial charge in [0.1, 0.15) is 21.4 Å². The monoisotopic (exact) mass is 647 g/mol. The Morgan fingerprint density at radius 2 is 1.67 bits per heavy atom. The molecule has 4 bridgehead atoms. The molecule has 2 aromatic heterocycles. The van der Waals surface area contributed by atoms with E-state index in [1.165, 1.54) is 27.6 Å². The molecule has 232 valence electrons. The van der Waals surface area contributed by atoms with Gasteiger partial charge in [0.2, 0.25) is 11.8 Å². The van der Waals surface area contributed by atoms with E-state index in [-0.39, 0.29) is 73.0 Å². The molecule has 0 spiro atoms. The topological polar surface area (TPSA) is 159 Å². The number of carbonyl (C=O) groups excluding carboxylic acids is 4. The van der Waals surface area contributed by atoms with Crippen molar-refractivity contribution in [1.29, 1.82) is 0 Å². The first-order chi connectivity index (χ1) is 20.2.